The van der Waals surface area contributed by atoms with Crippen LogP contribution in [0.3, 0.4) is 0 Å². The van der Waals surface area contributed by atoms with E-state index in [-0.39, 0.29) is 11.9 Å². The van der Waals surface area contributed by atoms with Crippen LogP contribution in [0.25, 0.3) is 0 Å². The summed E-state index contributed by atoms with van der Waals surface area (Å²) in [5, 5.41) is 3.12. The van der Waals surface area contributed by atoms with Crippen molar-refractivity contribution in [2.75, 3.05) is 18.5 Å². The summed E-state index contributed by atoms with van der Waals surface area (Å²) in [6, 6.07) is 1.82. The number of rotatable bonds is 2. The van der Waals surface area contributed by atoms with Gasteiger partial charge in [0.15, 0.2) is 0 Å². The van der Waals surface area contributed by atoms with Crippen LogP contribution >= 0.6 is 0 Å². The van der Waals surface area contributed by atoms with Crippen molar-refractivity contribution in [3.05, 3.63) is 18.6 Å². The van der Waals surface area contributed by atoms with E-state index in [9.17, 15) is 4.79 Å². The molecule has 1 aromatic rings. The zero-order valence-electron chi connectivity index (χ0n) is 9.35. The van der Waals surface area contributed by atoms with Gasteiger partial charge in [0.2, 0.25) is 5.91 Å². The minimum Gasteiger partial charge on any atom is -0.470 e. The van der Waals surface area contributed by atoms with Crippen molar-refractivity contribution in [2.24, 2.45) is 11.8 Å². The second-order valence-corrected chi connectivity index (χ2v) is 4.76. The highest BCUT2D eigenvalue weighted by atomic mass is 16.3. The van der Waals surface area contributed by atoms with Crippen molar-refractivity contribution in [3.8, 4) is 0 Å². The van der Waals surface area contributed by atoms with E-state index in [0.29, 0.717) is 5.92 Å². The quantitative estimate of drug-likeness (QED) is 0.815. The third-order valence-electron chi connectivity index (χ3n) is 3.75. The zero-order valence-corrected chi connectivity index (χ0v) is 9.35. The zero-order chi connectivity index (χ0) is 11.1. The van der Waals surface area contributed by atoms with Gasteiger partial charge in [-0.3, -0.25) is 4.79 Å². The minimum atomic E-state index is -0.0348. The molecule has 3 atom stereocenters. The number of hydrogen-bond acceptors (Lipinski definition) is 3. The fourth-order valence-corrected chi connectivity index (χ4v) is 2.62. The first-order chi connectivity index (χ1) is 7.79. The molecule has 1 amide bonds. The Morgan fingerprint density at radius 3 is 3.00 bits per heavy atom. The van der Waals surface area contributed by atoms with Crippen molar-refractivity contribution in [1.29, 1.82) is 0 Å². The predicted octanol–water partition coefficient (Wildman–Crippen LogP) is 1.24. The lowest BCUT2D eigenvalue weighted by molar-refractivity contribution is -0.120. The van der Waals surface area contributed by atoms with Gasteiger partial charge in [0.25, 0.3) is 0 Å². The summed E-state index contributed by atoms with van der Waals surface area (Å²) in [7, 11) is 1.86. The number of hydrogen-bond donors (Lipinski definition) is 1. The summed E-state index contributed by atoms with van der Waals surface area (Å²) < 4.78 is 5.06. The lowest BCUT2D eigenvalue weighted by Gasteiger charge is -2.23. The van der Waals surface area contributed by atoms with Crippen LogP contribution in [0.1, 0.15) is 12.8 Å². The van der Waals surface area contributed by atoms with Crippen LogP contribution in [0.15, 0.2) is 23.0 Å². The van der Waals surface area contributed by atoms with Crippen molar-refractivity contribution in [1.82, 2.24) is 5.32 Å². The summed E-state index contributed by atoms with van der Waals surface area (Å²) in [6.45, 7) is 0.848. The first kappa shape index (κ1) is 9.90. The fraction of sp³-hybridized carbons (Fsp3) is 0.583. The van der Waals surface area contributed by atoms with Gasteiger partial charge in [0.05, 0.1) is 18.0 Å². The minimum absolute atomic E-state index is 0.0348. The number of nitrogens with zero attached hydrogens (tertiary/aromatic N) is 1. The fourth-order valence-electron chi connectivity index (χ4n) is 2.62. The molecule has 3 unspecified atom stereocenters. The molecule has 3 rings (SSSR count). The number of anilines is 1. The predicted molar refractivity (Wildman–Crippen MR) is 60.1 cm³/mol. The average molecular weight is 220 g/mol. The van der Waals surface area contributed by atoms with E-state index in [4.69, 9.17) is 4.42 Å². The molecule has 0 spiro atoms. The Morgan fingerprint density at radius 1 is 1.44 bits per heavy atom. The highest BCUT2D eigenvalue weighted by Crippen LogP contribution is 2.45. The average Bonchev–Trinajstić information content (AvgIpc) is 2.81. The van der Waals surface area contributed by atoms with Crippen molar-refractivity contribution in [3.63, 3.8) is 0 Å². The Kier molecular flexibility index (Phi) is 2.24. The number of likely N-dealkylation sites (N-methyl/N-ethyl adjacent to an activating group) is 1. The van der Waals surface area contributed by atoms with Crippen molar-refractivity contribution >= 4 is 11.6 Å². The van der Waals surface area contributed by atoms with Gasteiger partial charge < -0.3 is 14.6 Å². The highest BCUT2D eigenvalue weighted by molar-refractivity contribution is 5.97. The van der Waals surface area contributed by atoms with Crippen LogP contribution < -0.4 is 10.2 Å². The number of carbonyl (C=O) groups excluding carboxylic acids is 1. The first-order valence-electron chi connectivity index (χ1n) is 5.80. The first-order valence-corrected chi connectivity index (χ1v) is 5.80. The molecule has 0 aromatic carbocycles. The van der Waals surface area contributed by atoms with E-state index < -0.39 is 0 Å². The summed E-state index contributed by atoms with van der Waals surface area (Å²) in [4.78, 5) is 14.1. The molecule has 86 valence electrons. The Bertz CT molecular complexity index is 388. The van der Waals surface area contributed by atoms with Gasteiger partial charge in [-0.25, -0.2) is 0 Å². The van der Waals surface area contributed by atoms with E-state index in [1.54, 1.807) is 12.5 Å². The third kappa shape index (κ3) is 1.53. The molecular formula is C12H16N2O2. The standard InChI is InChI=1S/C12H16N2O2/c1-13-11-5-8-4-9(8)6-14(12(11)15)10-2-3-16-7-10/h2-3,7-9,11,13H,4-6H2,1H3. The van der Waals surface area contributed by atoms with E-state index in [1.807, 2.05) is 18.0 Å². The molecule has 1 aromatic heterocycles. The molecule has 1 aliphatic heterocycles. The lowest BCUT2D eigenvalue weighted by atomic mass is 10.1. The van der Waals surface area contributed by atoms with Gasteiger partial charge in [0.1, 0.15) is 6.26 Å². The van der Waals surface area contributed by atoms with Crippen LogP contribution in [0.5, 0.6) is 0 Å². The van der Waals surface area contributed by atoms with Crippen molar-refractivity contribution < 1.29 is 9.21 Å². The molecule has 1 N–H and O–H groups in total. The van der Waals surface area contributed by atoms with Crippen LogP contribution in [0.4, 0.5) is 5.69 Å². The summed E-state index contributed by atoms with van der Waals surface area (Å²) >= 11 is 0. The van der Waals surface area contributed by atoms with E-state index >= 15 is 0 Å². The van der Waals surface area contributed by atoms with Gasteiger partial charge in [-0.2, -0.15) is 0 Å². The molecule has 1 saturated heterocycles. The topological polar surface area (TPSA) is 45.5 Å². The maximum Gasteiger partial charge on any atom is 0.244 e. The number of furan rings is 1. The second-order valence-electron chi connectivity index (χ2n) is 4.76. The van der Waals surface area contributed by atoms with Crippen LogP contribution in [0, 0.1) is 11.8 Å². The molecule has 1 aliphatic carbocycles. The molecule has 2 heterocycles. The number of carbonyl (C=O) groups is 1. The summed E-state index contributed by atoms with van der Waals surface area (Å²) in [5.41, 5.74) is 0.887. The van der Waals surface area contributed by atoms with Crippen LogP contribution in [0.2, 0.25) is 0 Å². The molecular weight excluding hydrogens is 204 g/mol. The normalized spacial score (nSPS) is 33.4. The van der Waals surface area contributed by atoms with Gasteiger partial charge in [0, 0.05) is 12.6 Å². The van der Waals surface area contributed by atoms with Gasteiger partial charge in [-0.05, 0) is 31.7 Å². The van der Waals surface area contributed by atoms with E-state index in [2.05, 4.69) is 5.32 Å². The molecule has 2 fully saturated rings. The Labute approximate surface area is 94.6 Å². The third-order valence-corrected chi connectivity index (χ3v) is 3.75. The lowest BCUT2D eigenvalue weighted by Crippen LogP contribution is -2.44. The SMILES string of the molecule is CNC1CC2CC2CN(c2ccoc2)C1=O. The molecule has 2 aliphatic rings. The monoisotopic (exact) mass is 220 g/mol. The molecule has 4 heteroatoms. The number of amides is 1. The Balaban J connectivity index is 1.88. The summed E-state index contributed by atoms with van der Waals surface area (Å²) in [6.07, 6.45) is 5.51. The van der Waals surface area contributed by atoms with E-state index in [1.165, 1.54) is 6.42 Å². The van der Waals surface area contributed by atoms with E-state index in [0.717, 1.165) is 24.6 Å². The van der Waals surface area contributed by atoms with Gasteiger partial charge >= 0.3 is 0 Å². The Hall–Kier alpha value is -1.29. The van der Waals surface area contributed by atoms with Gasteiger partial charge in [-0.15, -0.1) is 0 Å². The Morgan fingerprint density at radius 2 is 2.31 bits per heavy atom. The van der Waals surface area contributed by atoms with Gasteiger partial charge in [-0.1, -0.05) is 0 Å². The van der Waals surface area contributed by atoms with Crippen molar-refractivity contribution in [2.45, 2.75) is 18.9 Å². The summed E-state index contributed by atoms with van der Waals surface area (Å²) in [5.74, 6) is 1.60. The van der Waals surface area contributed by atoms with Crippen LogP contribution in [-0.2, 0) is 4.79 Å². The maximum absolute atomic E-state index is 12.3. The maximum atomic E-state index is 12.3. The largest absolute Gasteiger partial charge is 0.470 e. The molecule has 4 nitrogen and oxygen atoms in total. The molecule has 0 bridgehead atoms. The smallest absolute Gasteiger partial charge is 0.244 e. The highest BCUT2D eigenvalue weighted by Gasteiger charge is 2.45. The second kappa shape index (κ2) is 3.63. The number of nitrogens with one attached hydrogen (secondary N) is 1. The number of fused-ring (bicyclic) bond motifs is 1. The van der Waals surface area contributed by atoms with Crippen LogP contribution in [-0.4, -0.2) is 25.5 Å². The molecule has 1 saturated carbocycles. The molecule has 16 heavy (non-hydrogen) atoms. The molecule has 0 radical (unpaired) electrons.